The first-order chi connectivity index (χ1) is 16.0. The van der Waals surface area contributed by atoms with Gasteiger partial charge in [-0.15, -0.1) is 0 Å². The van der Waals surface area contributed by atoms with E-state index in [0.717, 1.165) is 11.3 Å². The van der Waals surface area contributed by atoms with E-state index in [4.69, 9.17) is 14.5 Å². The van der Waals surface area contributed by atoms with E-state index in [-0.39, 0.29) is 12.4 Å². The van der Waals surface area contributed by atoms with Gasteiger partial charge in [-0.25, -0.2) is 9.38 Å². The lowest BCUT2D eigenvalue weighted by Crippen LogP contribution is -2.57. The molecule has 0 spiro atoms. The van der Waals surface area contributed by atoms with Gasteiger partial charge in [-0.2, -0.15) is 0 Å². The van der Waals surface area contributed by atoms with Gasteiger partial charge in [-0.3, -0.25) is 14.9 Å². The number of rotatable bonds is 5. The molecule has 2 aromatic rings. The van der Waals surface area contributed by atoms with Crippen molar-refractivity contribution in [2.45, 2.75) is 13.0 Å². The van der Waals surface area contributed by atoms with Crippen LogP contribution in [0.1, 0.15) is 18.5 Å². The Hall–Kier alpha value is -3.62. The first-order valence-electron chi connectivity index (χ1n) is 10.9. The fourth-order valence-corrected chi connectivity index (χ4v) is 4.09. The Morgan fingerprint density at radius 2 is 1.70 bits per heavy atom. The Labute approximate surface area is 192 Å². The van der Waals surface area contributed by atoms with Crippen molar-refractivity contribution in [1.29, 1.82) is 0 Å². The van der Waals surface area contributed by atoms with Crippen LogP contribution in [0.2, 0.25) is 0 Å². The normalized spacial score (nSPS) is 20.7. The highest BCUT2D eigenvalue weighted by atomic mass is 19.1. The van der Waals surface area contributed by atoms with Crippen LogP contribution in [0.15, 0.2) is 53.5 Å². The van der Waals surface area contributed by atoms with Crippen molar-refractivity contribution in [2.24, 2.45) is 10.9 Å². The summed E-state index contributed by atoms with van der Waals surface area (Å²) in [5, 5.41) is 2.80. The minimum atomic E-state index is -1.07. The van der Waals surface area contributed by atoms with Crippen LogP contribution in [0.5, 0.6) is 5.75 Å². The topological polar surface area (TPSA) is 83.5 Å². The summed E-state index contributed by atoms with van der Waals surface area (Å²) in [7, 11) is 1.58. The molecular formula is C24H27FN4O4. The van der Waals surface area contributed by atoms with E-state index >= 15 is 0 Å². The molecule has 2 aliphatic rings. The number of benzene rings is 2. The van der Waals surface area contributed by atoms with Crippen LogP contribution >= 0.6 is 0 Å². The lowest BCUT2D eigenvalue weighted by Gasteiger charge is -2.39. The standard InChI is InChI=1S/C24H27FN4O4/c1-3-33-23(31)20-21(16-4-10-19(32-2)11-5-16)26-24(27-22(20)30)29-14-12-28(13-15-29)18-8-6-17(25)7-9-18/h4-11,20-21H,3,12-15H2,1-2H3,(H,26,27,30)/t20-,21-/m1/s1. The number of nitrogens with zero attached hydrogens (tertiary/aromatic N) is 3. The highest BCUT2D eigenvalue weighted by Gasteiger charge is 2.42. The number of methoxy groups -OCH3 is 1. The Morgan fingerprint density at radius 1 is 1.06 bits per heavy atom. The highest BCUT2D eigenvalue weighted by Crippen LogP contribution is 2.32. The monoisotopic (exact) mass is 454 g/mol. The highest BCUT2D eigenvalue weighted by molar-refractivity contribution is 6.08. The maximum absolute atomic E-state index is 13.2. The minimum Gasteiger partial charge on any atom is -0.497 e. The third kappa shape index (κ3) is 4.92. The number of piperazine rings is 1. The molecule has 9 heteroatoms. The number of halogens is 1. The van der Waals surface area contributed by atoms with Gasteiger partial charge in [0.1, 0.15) is 17.6 Å². The summed E-state index contributed by atoms with van der Waals surface area (Å²) in [5.74, 6) is -1.24. The summed E-state index contributed by atoms with van der Waals surface area (Å²) in [6.45, 7) is 4.51. The zero-order valence-corrected chi connectivity index (χ0v) is 18.7. The second kappa shape index (κ2) is 9.89. The number of carbonyl (C=O) groups excluding carboxylic acids is 2. The van der Waals surface area contributed by atoms with Gasteiger partial charge in [0.15, 0.2) is 5.92 Å². The van der Waals surface area contributed by atoms with E-state index in [1.807, 2.05) is 17.0 Å². The van der Waals surface area contributed by atoms with E-state index in [2.05, 4.69) is 10.2 Å². The average molecular weight is 455 g/mol. The smallest absolute Gasteiger partial charge is 0.321 e. The molecule has 2 aromatic carbocycles. The molecule has 8 nitrogen and oxygen atoms in total. The minimum absolute atomic E-state index is 0.180. The first kappa shape index (κ1) is 22.6. The Morgan fingerprint density at radius 3 is 2.30 bits per heavy atom. The Kier molecular flexibility index (Phi) is 6.76. The molecule has 2 aliphatic heterocycles. The molecule has 0 aliphatic carbocycles. The third-order valence-corrected chi connectivity index (χ3v) is 5.86. The summed E-state index contributed by atoms with van der Waals surface area (Å²) in [6, 6.07) is 12.9. The molecule has 0 unspecified atom stereocenters. The number of nitrogens with one attached hydrogen (secondary N) is 1. The molecule has 1 fully saturated rings. The second-order valence-corrected chi connectivity index (χ2v) is 7.84. The van der Waals surface area contributed by atoms with Crippen LogP contribution < -0.4 is 15.0 Å². The molecule has 1 saturated heterocycles. The number of hydrogen-bond donors (Lipinski definition) is 1. The van der Waals surface area contributed by atoms with E-state index < -0.39 is 23.8 Å². The molecule has 0 radical (unpaired) electrons. The van der Waals surface area contributed by atoms with Gasteiger partial charge in [0.2, 0.25) is 11.9 Å². The van der Waals surface area contributed by atoms with Crippen molar-refractivity contribution in [2.75, 3.05) is 44.8 Å². The number of esters is 1. The molecule has 174 valence electrons. The molecule has 1 N–H and O–H groups in total. The van der Waals surface area contributed by atoms with Crippen molar-refractivity contribution in [3.63, 3.8) is 0 Å². The number of aliphatic imine (C=N–C) groups is 1. The second-order valence-electron chi connectivity index (χ2n) is 7.84. The molecule has 1 amide bonds. The van der Waals surface area contributed by atoms with Crippen molar-refractivity contribution in [3.8, 4) is 5.75 Å². The van der Waals surface area contributed by atoms with E-state index in [1.54, 1.807) is 38.3 Å². The molecule has 4 rings (SSSR count). The van der Waals surface area contributed by atoms with Gasteiger partial charge in [0.05, 0.1) is 13.7 Å². The number of anilines is 1. The quantitative estimate of drug-likeness (QED) is 0.552. The van der Waals surface area contributed by atoms with Gasteiger partial charge in [-0.1, -0.05) is 12.1 Å². The fraction of sp³-hybridized carbons (Fsp3) is 0.375. The summed E-state index contributed by atoms with van der Waals surface area (Å²) in [4.78, 5) is 34.5. The van der Waals surface area contributed by atoms with E-state index in [0.29, 0.717) is 37.9 Å². The van der Waals surface area contributed by atoms with Crippen LogP contribution in [-0.2, 0) is 14.3 Å². The predicted octanol–water partition coefficient (Wildman–Crippen LogP) is 2.36. The summed E-state index contributed by atoms with van der Waals surface area (Å²) in [5.41, 5.74) is 1.68. The van der Waals surface area contributed by atoms with Crippen molar-refractivity contribution in [1.82, 2.24) is 10.2 Å². The first-order valence-corrected chi connectivity index (χ1v) is 10.9. The number of carbonyl (C=O) groups is 2. The van der Waals surface area contributed by atoms with Crippen LogP contribution in [0.4, 0.5) is 10.1 Å². The maximum Gasteiger partial charge on any atom is 0.321 e. The van der Waals surface area contributed by atoms with Crippen LogP contribution in [0, 0.1) is 11.7 Å². The van der Waals surface area contributed by atoms with Crippen molar-refractivity contribution >= 4 is 23.5 Å². The lowest BCUT2D eigenvalue weighted by molar-refractivity contribution is -0.153. The molecule has 0 aromatic heterocycles. The van der Waals surface area contributed by atoms with Crippen LogP contribution in [0.25, 0.3) is 0 Å². The predicted molar refractivity (Wildman–Crippen MR) is 122 cm³/mol. The Bertz CT molecular complexity index is 1020. The summed E-state index contributed by atoms with van der Waals surface area (Å²) < 4.78 is 23.6. The number of amides is 1. The SMILES string of the molecule is CCOC(=O)[C@H]1C(=O)NC(N2CCN(c3ccc(F)cc3)CC2)=N[C@@H]1c1ccc(OC)cc1. The number of ether oxygens (including phenoxy) is 2. The molecule has 33 heavy (non-hydrogen) atoms. The van der Waals surface area contributed by atoms with Gasteiger partial charge in [-0.05, 0) is 48.9 Å². The summed E-state index contributed by atoms with van der Waals surface area (Å²) >= 11 is 0. The van der Waals surface area contributed by atoms with E-state index in [1.165, 1.54) is 12.1 Å². The van der Waals surface area contributed by atoms with Crippen LogP contribution in [0.3, 0.4) is 0 Å². The molecule has 0 bridgehead atoms. The maximum atomic E-state index is 13.2. The van der Waals surface area contributed by atoms with Crippen molar-refractivity contribution < 1.29 is 23.5 Å². The number of guanidine groups is 1. The van der Waals surface area contributed by atoms with Gasteiger partial charge in [0, 0.05) is 31.9 Å². The summed E-state index contributed by atoms with van der Waals surface area (Å²) in [6.07, 6.45) is 0. The molecule has 2 atom stereocenters. The lowest BCUT2D eigenvalue weighted by atomic mass is 9.91. The van der Waals surface area contributed by atoms with Gasteiger partial charge >= 0.3 is 5.97 Å². The third-order valence-electron chi connectivity index (χ3n) is 5.86. The fourth-order valence-electron chi connectivity index (χ4n) is 4.09. The molecule has 2 heterocycles. The zero-order chi connectivity index (χ0) is 23.4. The van der Waals surface area contributed by atoms with E-state index in [9.17, 15) is 14.0 Å². The van der Waals surface area contributed by atoms with Crippen LogP contribution in [-0.4, -0.2) is 62.6 Å². The number of hydrogen-bond acceptors (Lipinski definition) is 7. The zero-order valence-electron chi connectivity index (χ0n) is 18.7. The Balaban J connectivity index is 1.55. The molecule has 0 saturated carbocycles. The van der Waals surface area contributed by atoms with Gasteiger partial charge < -0.3 is 19.3 Å². The molecular weight excluding hydrogens is 427 g/mol. The largest absolute Gasteiger partial charge is 0.497 e. The van der Waals surface area contributed by atoms with Crippen molar-refractivity contribution in [3.05, 3.63) is 59.9 Å². The van der Waals surface area contributed by atoms with Gasteiger partial charge in [0.25, 0.3) is 0 Å². The average Bonchev–Trinajstić information content (AvgIpc) is 2.84.